The lowest BCUT2D eigenvalue weighted by Crippen LogP contribution is -2.24. The van der Waals surface area contributed by atoms with Crippen molar-refractivity contribution in [1.29, 1.82) is 0 Å². The third kappa shape index (κ3) is 4.32. The molecule has 0 saturated heterocycles. The van der Waals surface area contributed by atoms with Gasteiger partial charge in [0.1, 0.15) is 0 Å². The second-order valence-electron chi connectivity index (χ2n) is 4.85. The molecule has 0 aromatic heterocycles. The number of terminal acetylenes is 1. The fourth-order valence-corrected chi connectivity index (χ4v) is 2.99. The maximum atomic E-state index is 12.3. The zero-order chi connectivity index (χ0) is 17.6. The molecule has 0 radical (unpaired) electrons. The predicted octanol–water partition coefficient (Wildman–Crippen LogP) is 2.38. The first-order valence-electron chi connectivity index (χ1n) is 7.05. The molecule has 0 fully saturated rings. The monoisotopic (exact) mass is 340 g/mol. The van der Waals surface area contributed by atoms with Crippen LogP contribution in [0.2, 0.25) is 0 Å². The number of rotatable bonds is 6. The van der Waals surface area contributed by atoms with Crippen LogP contribution in [0.25, 0.3) is 0 Å². The summed E-state index contributed by atoms with van der Waals surface area (Å²) in [6.45, 7) is 3.57. The molecular weight excluding hydrogens is 324 g/mol. The van der Waals surface area contributed by atoms with E-state index in [0.29, 0.717) is 11.3 Å². The molecule has 24 heavy (non-hydrogen) atoms. The highest BCUT2D eigenvalue weighted by atomic mass is 32.2. The minimum Gasteiger partial charge on any atom is -0.322 e. The number of nitrogens with one attached hydrogen (secondary N) is 2. The van der Waals surface area contributed by atoms with Gasteiger partial charge in [0.05, 0.1) is 4.90 Å². The summed E-state index contributed by atoms with van der Waals surface area (Å²) in [6, 6.07) is 12.6. The summed E-state index contributed by atoms with van der Waals surface area (Å²) >= 11 is 0. The molecule has 0 aliphatic carbocycles. The van der Waals surface area contributed by atoms with Gasteiger partial charge >= 0.3 is 0 Å². The van der Waals surface area contributed by atoms with Crippen molar-refractivity contribution in [3.63, 3.8) is 0 Å². The Kier molecular flexibility index (Phi) is 5.53. The van der Waals surface area contributed by atoms with E-state index in [1.54, 1.807) is 24.3 Å². The van der Waals surface area contributed by atoms with Crippen LogP contribution in [-0.2, 0) is 10.0 Å². The van der Waals surface area contributed by atoms with Crippen molar-refractivity contribution < 1.29 is 13.2 Å². The third-order valence-corrected chi connectivity index (χ3v) is 4.53. The Labute approximate surface area is 141 Å². The average molecular weight is 340 g/mol. The normalized spacial score (nSPS) is 10.6. The molecule has 1 amide bonds. The molecule has 0 bridgehead atoms. The van der Waals surface area contributed by atoms with Crippen LogP contribution in [0.5, 0.6) is 0 Å². The Balaban J connectivity index is 2.23. The highest BCUT2D eigenvalue weighted by molar-refractivity contribution is 7.89. The first-order chi connectivity index (χ1) is 11.5. The van der Waals surface area contributed by atoms with E-state index in [0.717, 1.165) is 0 Å². The van der Waals surface area contributed by atoms with Gasteiger partial charge in [-0.15, -0.1) is 13.0 Å². The molecular formula is C18H16N2O3S. The van der Waals surface area contributed by atoms with Crippen molar-refractivity contribution in [3.05, 3.63) is 72.3 Å². The van der Waals surface area contributed by atoms with E-state index in [9.17, 15) is 13.2 Å². The van der Waals surface area contributed by atoms with Gasteiger partial charge in [-0.3, -0.25) is 4.79 Å². The molecule has 5 nitrogen and oxygen atoms in total. The van der Waals surface area contributed by atoms with Crippen LogP contribution in [0.1, 0.15) is 15.9 Å². The molecule has 6 heteroatoms. The van der Waals surface area contributed by atoms with Crippen molar-refractivity contribution in [3.8, 4) is 12.3 Å². The second kappa shape index (κ2) is 7.59. The zero-order valence-corrected chi connectivity index (χ0v) is 13.6. The number of hydrogen-bond donors (Lipinski definition) is 2. The molecule has 0 atom stereocenters. The molecule has 0 heterocycles. The summed E-state index contributed by atoms with van der Waals surface area (Å²) in [4.78, 5) is 12.3. The number of sulfonamides is 1. The van der Waals surface area contributed by atoms with Gasteiger partial charge in [-0.1, -0.05) is 24.1 Å². The van der Waals surface area contributed by atoms with E-state index in [1.807, 2.05) is 0 Å². The van der Waals surface area contributed by atoms with E-state index in [1.165, 1.54) is 30.3 Å². The first kappa shape index (κ1) is 17.5. The molecule has 2 aromatic carbocycles. The number of benzene rings is 2. The lowest BCUT2D eigenvalue weighted by Gasteiger charge is -2.08. The summed E-state index contributed by atoms with van der Waals surface area (Å²) in [7, 11) is -3.69. The van der Waals surface area contributed by atoms with Crippen LogP contribution in [0, 0.1) is 12.3 Å². The Morgan fingerprint density at radius 3 is 2.67 bits per heavy atom. The molecule has 2 aromatic rings. The third-order valence-electron chi connectivity index (χ3n) is 3.11. The van der Waals surface area contributed by atoms with E-state index < -0.39 is 15.9 Å². The lowest BCUT2D eigenvalue weighted by molar-refractivity contribution is 0.102. The summed E-state index contributed by atoms with van der Waals surface area (Å²) < 4.78 is 26.5. The van der Waals surface area contributed by atoms with Crippen LogP contribution in [0.15, 0.2) is 66.1 Å². The van der Waals surface area contributed by atoms with Crippen molar-refractivity contribution >= 4 is 21.6 Å². The molecule has 2 rings (SSSR count). The standard InChI is InChI=1S/C18H16N2O3S/c1-3-11-19-24(22,23)17-10-6-8-15(13-17)18(21)20-16-9-5-7-14(4-2)12-16/h2-3,5-10,12-13,19H,1,11H2,(H,20,21). The van der Waals surface area contributed by atoms with Crippen molar-refractivity contribution in [2.24, 2.45) is 0 Å². The number of carbonyl (C=O) groups is 1. The Bertz CT molecular complexity index is 912. The number of carbonyl (C=O) groups excluding carboxylic acids is 1. The minimum absolute atomic E-state index is 0.00868. The van der Waals surface area contributed by atoms with Crippen LogP contribution < -0.4 is 10.0 Å². The van der Waals surface area contributed by atoms with Gasteiger partial charge in [0, 0.05) is 23.4 Å². The fraction of sp³-hybridized carbons (Fsp3) is 0.0556. The van der Waals surface area contributed by atoms with Gasteiger partial charge in [0.15, 0.2) is 0 Å². The molecule has 0 saturated carbocycles. The first-order valence-corrected chi connectivity index (χ1v) is 8.53. The van der Waals surface area contributed by atoms with Crippen molar-refractivity contribution in [2.75, 3.05) is 11.9 Å². The molecule has 2 N–H and O–H groups in total. The predicted molar refractivity (Wildman–Crippen MR) is 94.2 cm³/mol. The van der Waals surface area contributed by atoms with E-state index in [2.05, 4.69) is 22.5 Å². The molecule has 0 spiro atoms. The van der Waals surface area contributed by atoms with E-state index >= 15 is 0 Å². The van der Waals surface area contributed by atoms with Gasteiger partial charge in [0.2, 0.25) is 10.0 Å². The van der Waals surface area contributed by atoms with Gasteiger partial charge in [-0.05, 0) is 36.4 Å². The lowest BCUT2D eigenvalue weighted by atomic mass is 10.2. The highest BCUT2D eigenvalue weighted by Crippen LogP contribution is 2.15. The maximum Gasteiger partial charge on any atom is 0.255 e. The summed E-state index contributed by atoms with van der Waals surface area (Å²) in [5.74, 6) is 2.06. The smallest absolute Gasteiger partial charge is 0.255 e. The van der Waals surface area contributed by atoms with Crippen molar-refractivity contribution in [2.45, 2.75) is 4.90 Å². The van der Waals surface area contributed by atoms with Crippen LogP contribution in [-0.4, -0.2) is 20.9 Å². The van der Waals surface area contributed by atoms with Gasteiger partial charge in [-0.2, -0.15) is 0 Å². The minimum atomic E-state index is -3.69. The second-order valence-corrected chi connectivity index (χ2v) is 6.61. The summed E-state index contributed by atoms with van der Waals surface area (Å²) in [6.07, 6.45) is 6.76. The Morgan fingerprint density at radius 1 is 1.21 bits per heavy atom. The highest BCUT2D eigenvalue weighted by Gasteiger charge is 2.15. The SMILES string of the molecule is C#Cc1cccc(NC(=O)c2cccc(S(=O)(=O)NCC=C)c2)c1. The fourth-order valence-electron chi connectivity index (χ4n) is 1.95. The van der Waals surface area contributed by atoms with Gasteiger partial charge < -0.3 is 5.32 Å². The molecule has 0 aliphatic heterocycles. The molecule has 122 valence electrons. The van der Waals surface area contributed by atoms with Crippen LogP contribution in [0.4, 0.5) is 5.69 Å². The number of amides is 1. The summed E-state index contributed by atoms with van der Waals surface area (Å²) in [5.41, 5.74) is 1.40. The molecule has 0 unspecified atom stereocenters. The van der Waals surface area contributed by atoms with Gasteiger partial charge in [-0.25, -0.2) is 13.1 Å². The maximum absolute atomic E-state index is 12.3. The summed E-state index contributed by atoms with van der Waals surface area (Å²) in [5, 5.41) is 2.69. The Morgan fingerprint density at radius 2 is 1.96 bits per heavy atom. The number of hydrogen-bond acceptors (Lipinski definition) is 3. The average Bonchev–Trinajstić information content (AvgIpc) is 2.60. The van der Waals surface area contributed by atoms with Crippen molar-refractivity contribution in [1.82, 2.24) is 4.72 Å². The number of anilines is 1. The quantitative estimate of drug-likeness (QED) is 0.626. The van der Waals surface area contributed by atoms with Gasteiger partial charge in [0.25, 0.3) is 5.91 Å². The van der Waals surface area contributed by atoms with Crippen LogP contribution in [0.3, 0.4) is 0 Å². The topological polar surface area (TPSA) is 75.3 Å². The largest absolute Gasteiger partial charge is 0.322 e. The zero-order valence-electron chi connectivity index (χ0n) is 12.8. The van der Waals surface area contributed by atoms with Crippen LogP contribution >= 0.6 is 0 Å². The van der Waals surface area contributed by atoms with E-state index in [4.69, 9.17) is 6.42 Å². The molecule has 0 aliphatic rings. The Hall–Kier alpha value is -2.88. The van der Waals surface area contributed by atoms with E-state index in [-0.39, 0.29) is 17.0 Å².